The van der Waals surface area contributed by atoms with Crippen molar-refractivity contribution in [3.05, 3.63) is 53.5 Å². The van der Waals surface area contributed by atoms with E-state index in [0.29, 0.717) is 17.1 Å². The molecular formula is C18H21N3O5. The molecule has 1 heterocycles. The lowest BCUT2D eigenvalue weighted by molar-refractivity contribution is 0.0522. The number of benzene rings is 1. The average molecular weight is 359 g/mol. The molecule has 0 atom stereocenters. The second-order valence-electron chi connectivity index (χ2n) is 6.50. The second kappa shape index (κ2) is 8.28. The molecular weight excluding hydrogens is 338 g/mol. The molecule has 26 heavy (non-hydrogen) atoms. The molecule has 0 spiro atoms. The molecule has 8 nitrogen and oxygen atoms in total. The number of aromatic nitrogens is 2. The molecule has 0 aliphatic rings. The molecule has 0 saturated carbocycles. The Morgan fingerprint density at radius 2 is 1.96 bits per heavy atom. The summed E-state index contributed by atoms with van der Waals surface area (Å²) in [6, 6.07) is 8.06. The Hall–Kier alpha value is -3.16. The third-order valence-corrected chi connectivity index (χ3v) is 3.07. The van der Waals surface area contributed by atoms with Gasteiger partial charge in [0.25, 0.3) is 0 Å². The number of carbonyl (C=O) groups is 2. The molecule has 0 unspecified atom stereocenters. The monoisotopic (exact) mass is 359 g/mol. The molecule has 1 aromatic carbocycles. The van der Waals surface area contributed by atoms with Gasteiger partial charge in [-0.25, -0.2) is 19.6 Å². The molecule has 1 aromatic heterocycles. The van der Waals surface area contributed by atoms with Crippen LogP contribution in [0.25, 0.3) is 0 Å². The number of nitrogens with one attached hydrogen (secondary N) is 1. The summed E-state index contributed by atoms with van der Waals surface area (Å²) in [4.78, 5) is 30.7. The number of amides is 1. The number of hydrogen-bond acceptors (Lipinski definition) is 6. The minimum absolute atomic E-state index is 0.164. The standard InChI is InChI=1S/C18H21N3O5/c1-18(2,3)26-17(24)19-9-14-8-15(21-11-20-14)25-10-12-5-4-6-13(7-12)16(22)23/h4-8,11H,9-10H2,1-3H3,(H,19,24)(H,22,23). The highest BCUT2D eigenvalue weighted by Crippen LogP contribution is 2.12. The smallest absolute Gasteiger partial charge is 0.407 e. The van der Waals surface area contributed by atoms with E-state index in [1.165, 1.54) is 18.5 Å². The molecule has 0 fully saturated rings. The van der Waals surface area contributed by atoms with Crippen molar-refractivity contribution in [2.75, 3.05) is 0 Å². The average Bonchev–Trinajstić information content (AvgIpc) is 2.57. The zero-order chi connectivity index (χ0) is 19.2. The van der Waals surface area contributed by atoms with Crippen LogP contribution in [-0.4, -0.2) is 32.7 Å². The van der Waals surface area contributed by atoms with Crippen molar-refractivity contribution in [2.45, 2.75) is 39.5 Å². The third kappa shape index (κ3) is 6.39. The van der Waals surface area contributed by atoms with Crippen molar-refractivity contribution < 1.29 is 24.2 Å². The predicted molar refractivity (Wildman–Crippen MR) is 92.8 cm³/mol. The van der Waals surface area contributed by atoms with Crippen LogP contribution in [0, 0.1) is 0 Å². The molecule has 2 aromatic rings. The van der Waals surface area contributed by atoms with Gasteiger partial charge in [-0.05, 0) is 38.5 Å². The van der Waals surface area contributed by atoms with E-state index in [9.17, 15) is 9.59 Å². The van der Waals surface area contributed by atoms with Gasteiger partial charge >= 0.3 is 12.1 Å². The van der Waals surface area contributed by atoms with Gasteiger partial charge < -0.3 is 19.9 Å². The molecule has 8 heteroatoms. The maximum absolute atomic E-state index is 11.7. The highest BCUT2D eigenvalue weighted by Gasteiger charge is 2.16. The molecule has 1 amide bonds. The predicted octanol–water partition coefficient (Wildman–Crippen LogP) is 2.78. The van der Waals surface area contributed by atoms with Crippen molar-refractivity contribution in [2.24, 2.45) is 0 Å². The van der Waals surface area contributed by atoms with Crippen LogP contribution >= 0.6 is 0 Å². The van der Waals surface area contributed by atoms with Gasteiger partial charge in [-0.1, -0.05) is 12.1 Å². The third-order valence-electron chi connectivity index (χ3n) is 3.07. The van der Waals surface area contributed by atoms with Crippen LogP contribution in [0.3, 0.4) is 0 Å². The van der Waals surface area contributed by atoms with E-state index >= 15 is 0 Å². The van der Waals surface area contributed by atoms with Crippen molar-refractivity contribution in [1.82, 2.24) is 15.3 Å². The van der Waals surface area contributed by atoms with E-state index in [2.05, 4.69) is 15.3 Å². The lowest BCUT2D eigenvalue weighted by atomic mass is 10.1. The Kier molecular flexibility index (Phi) is 6.11. The first-order valence-electron chi connectivity index (χ1n) is 7.96. The minimum atomic E-state index is -0.996. The van der Waals surface area contributed by atoms with Crippen molar-refractivity contribution in [1.29, 1.82) is 0 Å². The van der Waals surface area contributed by atoms with E-state index in [1.807, 2.05) is 0 Å². The summed E-state index contributed by atoms with van der Waals surface area (Å²) < 4.78 is 10.7. The van der Waals surface area contributed by atoms with E-state index in [0.717, 1.165) is 0 Å². The Morgan fingerprint density at radius 3 is 2.65 bits per heavy atom. The first-order chi connectivity index (χ1) is 12.2. The first kappa shape index (κ1) is 19.2. The van der Waals surface area contributed by atoms with Gasteiger partial charge in [0, 0.05) is 6.07 Å². The van der Waals surface area contributed by atoms with Gasteiger partial charge in [0.1, 0.15) is 18.5 Å². The maximum atomic E-state index is 11.7. The zero-order valence-corrected chi connectivity index (χ0v) is 14.9. The number of alkyl carbamates (subject to hydrolysis) is 1. The maximum Gasteiger partial charge on any atom is 0.407 e. The second-order valence-corrected chi connectivity index (χ2v) is 6.50. The quantitative estimate of drug-likeness (QED) is 0.816. The van der Waals surface area contributed by atoms with Gasteiger partial charge in [0.2, 0.25) is 5.88 Å². The van der Waals surface area contributed by atoms with Crippen molar-refractivity contribution in [3.8, 4) is 5.88 Å². The van der Waals surface area contributed by atoms with Gasteiger partial charge in [0.05, 0.1) is 17.8 Å². The highest BCUT2D eigenvalue weighted by molar-refractivity contribution is 5.87. The zero-order valence-electron chi connectivity index (χ0n) is 14.9. The van der Waals surface area contributed by atoms with Gasteiger partial charge in [0.15, 0.2) is 0 Å². The molecule has 0 bridgehead atoms. The number of rotatable bonds is 6. The molecule has 2 N–H and O–H groups in total. The number of nitrogens with zero attached hydrogens (tertiary/aromatic N) is 2. The van der Waals surface area contributed by atoms with Crippen LogP contribution in [0.1, 0.15) is 42.4 Å². The molecule has 2 rings (SSSR count). The number of carboxylic acids is 1. The van der Waals surface area contributed by atoms with Crippen molar-refractivity contribution in [3.63, 3.8) is 0 Å². The van der Waals surface area contributed by atoms with E-state index in [4.69, 9.17) is 14.6 Å². The Bertz CT molecular complexity index is 786. The Balaban J connectivity index is 1.91. The van der Waals surface area contributed by atoms with E-state index < -0.39 is 17.7 Å². The summed E-state index contributed by atoms with van der Waals surface area (Å²) in [5.74, 6) is -0.675. The van der Waals surface area contributed by atoms with Gasteiger partial charge in [-0.2, -0.15) is 0 Å². The van der Waals surface area contributed by atoms with Gasteiger partial charge in [-0.15, -0.1) is 0 Å². The number of carbonyl (C=O) groups excluding carboxylic acids is 1. The Labute approximate surface area is 151 Å². The summed E-state index contributed by atoms with van der Waals surface area (Å²) in [5.41, 5.74) is 0.877. The first-order valence-corrected chi connectivity index (χ1v) is 7.96. The number of carboxylic acid groups (broad SMARTS) is 1. The fraction of sp³-hybridized carbons (Fsp3) is 0.333. The molecule has 0 aliphatic carbocycles. The van der Waals surface area contributed by atoms with Crippen LogP contribution < -0.4 is 10.1 Å². The largest absolute Gasteiger partial charge is 0.478 e. The van der Waals surface area contributed by atoms with E-state index in [-0.39, 0.29) is 18.7 Å². The van der Waals surface area contributed by atoms with Crippen molar-refractivity contribution >= 4 is 12.1 Å². The van der Waals surface area contributed by atoms with Crippen LogP contribution in [0.15, 0.2) is 36.7 Å². The van der Waals surface area contributed by atoms with Crippen LogP contribution in [0.2, 0.25) is 0 Å². The summed E-state index contributed by atoms with van der Waals surface area (Å²) in [6.45, 7) is 5.67. The highest BCUT2D eigenvalue weighted by atomic mass is 16.6. The fourth-order valence-electron chi connectivity index (χ4n) is 1.98. The topological polar surface area (TPSA) is 111 Å². The number of ether oxygens (including phenoxy) is 2. The molecule has 0 aliphatic heterocycles. The summed E-state index contributed by atoms with van der Waals surface area (Å²) in [5, 5.41) is 11.6. The SMILES string of the molecule is CC(C)(C)OC(=O)NCc1cc(OCc2cccc(C(=O)O)c2)ncn1. The van der Waals surface area contributed by atoms with Crippen LogP contribution in [-0.2, 0) is 17.9 Å². The minimum Gasteiger partial charge on any atom is -0.478 e. The molecule has 0 radical (unpaired) electrons. The number of aromatic carboxylic acids is 1. The summed E-state index contributed by atoms with van der Waals surface area (Å²) >= 11 is 0. The van der Waals surface area contributed by atoms with E-state index in [1.54, 1.807) is 39.0 Å². The normalized spacial score (nSPS) is 10.9. The Morgan fingerprint density at radius 1 is 1.19 bits per heavy atom. The van der Waals surface area contributed by atoms with Crippen LogP contribution in [0.4, 0.5) is 4.79 Å². The molecule has 0 saturated heterocycles. The number of hydrogen-bond donors (Lipinski definition) is 2. The lowest BCUT2D eigenvalue weighted by Crippen LogP contribution is -2.32. The van der Waals surface area contributed by atoms with Crippen LogP contribution in [0.5, 0.6) is 5.88 Å². The van der Waals surface area contributed by atoms with Gasteiger partial charge in [-0.3, -0.25) is 0 Å². The molecule has 138 valence electrons. The summed E-state index contributed by atoms with van der Waals surface area (Å²) in [7, 11) is 0. The summed E-state index contributed by atoms with van der Waals surface area (Å²) in [6.07, 6.45) is 0.791. The fourth-order valence-corrected chi connectivity index (χ4v) is 1.98. The lowest BCUT2D eigenvalue weighted by Gasteiger charge is -2.19.